The van der Waals surface area contributed by atoms with E-state index in [4.69, 9.17) is 0 Å². The highest BCUT2D eigenvalue weighted by atomic mass is 16.1. The standard InChI is InChI=1S/C21H21N3O/c1-21(12-18-6-2-3-7-19(18)13-21)23-20(25)17-8-4-5-16(11-17)14-24-10-9-22-15-24/h2-11,15H,12-14H2,1H3,(H,23,25). The van der Waals surface area contributed by atoms with Crippen LogP contribution >= 0.6 is 0 Å². The van der Waals surface area contributed by atoms with Crippen molar-refractivity contribution in [2.45, 2.75) is 31.8 Å². The maximum absolute atomic E-state index is 12.8. The van der Waals surface area contributed by atoms with Crippen LogP contribution in [0, 0.1) is 0 Å². The van der Waals surface area contributed by atoms with Crippen LogP contribution in [-0.2, 0) is 19.4 Å². The average Bonchev–Trinajstić information content (AvgIpc) is 3.21. The number of nitrogens with one attached hydrogen (secondary N) is 1. The summed E-state index contributed by atoms with van der Waals surface area (Å²) in [5.74, 6) is -0.0113. The summed E-state index contributed by atoms with van der Waals surface area (Å²) in [6.45, 7) is 2.84. The number of fused-ring (bicyclic) bond motifs is 1. The van der Waals surface area contributed by atoms with Crippen molar-refractivity contribution in [3.05, 3.63) is 89.5 Å². The molecule has 1 amide bonds. The van der Waals surface area contributed by atoms with Crippen LogP contribution in [-0.4, -0.2) is 21.0 Å². The van der Waals surface area contributed by atoms with Crippen molar-refractivity contribution in [1.29, 1.82) is 0 Å². The van der Waals surface area contributed by atoms with Crippen molar-refractivity contribution >= 4 is 5.91 Å². The molecule has 2 aromatic carbocycles. The SMILES string of the molecule is CC1(NC(=O)c2cccc(Cn3ccnc3)c2)Cc2ccccc2C1. The van der Waals surface area contributed by atoms with Crippen LogP contribution < -0.4 is 5.32 Å². The van der Waals surface area contributed by atoms with E-state index < -0.39 is 0 Å². The Labute approximate surface area is 147 Å². The molecule has 126 valence electrons. The summed E-state index contributed by atoms with van der Waals surface area (Å²) in [4.78, 5) is 16.8. The molecule has 1 aromatic heterocycles. The average molecular weight is 331 g/mol. The summed E-state index contributed by atoms with van der Waals surface area (Å²) in [6, 6.07) is 16.2. The zero-order chi connectivity index (χ0) is 17.3. The molecule has 4 heteroatoms. The van der Waals surface area contributed by atoms with E-state index in [1.807, 2.05) is 35.0 Å². The number of hydrogen-bond acceptors (Lipinski definition) is 2. The lowest BCUT2D eigenvalue weighted by Crippen LogP contribution is -2.46. The van der Waals surface area contributed by atoms with Crippen molar-refractivity contribution in [2.24, 2.45) is 0 Å². The summed E-state index contributed by atoms with van der Waals surface area (Å²) in [5, 5.41) is 3.25. The molecule has 0 aliphatic heterocycles. The van der Waals surface area contributed by atoms with Gasteiger partial charge in [-0.3, -0.25) is 4.79 Å². The van der Waals surface area contributed by atoms with Gasteiger partial charge < -0.3 is 9.88 Å². The lowest BCUT2D eigenvalue weighted by Gasteiger charge is -2.25. The number of hydrogen-bond donors (Lipinski definition) is 1. The third-order valence-corrected chi connectivity index (χ3v) is 4.81. The first kappa shape index (κ1) is 15.6. The van der Waals surface area contributed by atoms with E-state index in [2.05, 4.69) is 41.5 Å². The molecule has 0 fully saturated rings. The number of carbonyl (C=O) groups excluding carboxylic acids is 1. The van der Waals surface area contributed by atoms with E-state index in [0.29, 0.717) is 12.1 Å². The van der Waals surface area contributed by atoms with E-state index in [1.165, 1.54) is 11.1 Å². The molecule has 1 N–H and O–H groups in total. The second kappa shape index (κ2) is 6.20. The van der Waals surface area contributed by atoms with Gasteiger partial charge >= 0.3 is 0 Å². The number of rotatable bonds is 4. The largest absolute Gasteiger partial charge is 0.346 e. The minimum atomic E-state index is -0.221. The van der Waals surface area contributed by atoms with Crippen LogP contribution in [0.25, 0.3) is 0 Å². The lowest BCUT2D eigenvalue weighted by atomic mass is 9.97. The van der Waals surface area contributed by atoms with Crippen LogP contribution in [0.5, 0.6) is 0 Å². The van der Waals surface area contributed by atoms with Crippen molar-refractivity contribution in [3.8, 4) is 0 Å². The minimum Gasteiger partial charge on any atom is -0.346 e. The number of aromatic nitrogens is 2. The van der Waals surface area contributed by atoms with Crippen LogP contribution in [0.4, 0.5) is 0 Å². The Morgan fingerprint density at radius 3 is 2.60 bits per heavy atom. The number of imidazole rings is 1. The molecule has 0 spiro atoms. The van der Waals surface area contributed by atoms with Gasteiger partial charge in [0.05, 0.1) is 6.33 Å². The van der Waals surface area contributed by atoms with Gasteiger partial charge in [-0.1, -0.05) is 36.4 Å². The van der Waals surface area contributed by atoms with Gasteiger partial charge in [-0.05, 0) is 48.6 Å². The number of amides is 1. The van der Waals surface area contributed by atoms with Gasteiger partial charge in [0.2, 0.25) is 0 Å². The first-order chi connectivity index (χ1) is 12.1. The van der Waals surface area contributed by atoms with Crippen molar-refractivity contribution in [1.82, 2.24) is 14.9 Å². The first-order valence-electron chi connectivity index (χ1n) is 8.55. The number of carbonyl (C=O) groups is 1. The molecular weight excluding hydrogens is 310 g/mol. The monoisotopic (exact) mass is 331 g/mol. The quantitative estimate of drug-likeness (QED) is 0.798. The number of nitrogens with zero attached hydrogens (tertiary/aromatic N) is 2. The molecule has 0 unspecified atom stereocenters. The van der Waals surface area contributed by atoms with Gasteiger partial charge in [0.25, 0.3) is 5.91 Å². The van der Waals surface area contributed by atoms with Crippen molar-refractivity contribution in [3.63, 3.8) is 0 Å². The zero-order valence-electron chi connectivity index (χ0n) is 14.3. The third-order valence-electron chi connectivity index (χ3n) is 4.81. The third kappa shape index (κ3) is 3.33. The van der Waals surface area contributed by atoms with Gasteiger partial charge in [-0.2, -0.15) is 0 Å². The molecule has 4 nitrogen and oxygen atoms in total. The van der Waals surface area contributed by atoms with Crippen LogP contribution in [0.2, 0.25) is 0 Å². The van der Waals surface area contributed by atoms with Gasteiger partial charge in [0.1, 0.15) is 0 Å². The fourth-order valence-electron chi connectivity index (χ4n) is 3.64. The van der Waals surface area contributed by atoms with Crippen molar-refractivity contribution in [2.75, 3.05) is 0 Å². The summed E-state index contributed by atoms with van der Waals surface area (Å²) in [7, 11) is 0. The van der Waals surface area contributed by atoms with Crippen molar-refractivity contribution < 1.29 is 4.79 Å². The van der Waals surface area contributed by atoms with Gasteiger partial charge in [0, 0.05) is 30.0 Å². The fraction of sp³-hybridized carbons (Fsp3) is 0.238. The molecule has 0 atom stereocenters. The van der Waals surface area contributed by atoms with E-state index in [1.54, 1.807) is 12.5 Å². The zero-order valence-corrected chi connectivity index (χ0v) is 14.3. The van der Waals surface area contributed by atoms with Gasteiger partial charge in [-0.15, -0.1) is 0 Å². The Morgan fingerprint density at radius 1 is 1.16 bits per heavy atom. The summed E-state index contributed by atoms with van der Waals surface area (Å²) in [5.41, 5.74) is 4.24. The Kier molecular flexibility index (Phi) is 3.88. The highest BCUT2D eigenvalue weighted by molar-refractivity contribution is 5.95. The summed E-state index contributed by atoms with van der Waals surface area (Å²) in [6.07, 6.45) is 7.22. The highest BCUT2D eigenvalue weighted by Gasteiger charge is 2.34. The highest BCUT2D eigenvalue weighted by Crippen LogP contribution is 2.29. The molecule has 0 bridgehead atoms. The molecule has 25 heavy (non-hydrogen) atoms. The maximum atomic E-state index is 12.8. The minimum absolute atomic E-state index is 0.0113. The van der Waals surface area contributed by atoms with E-state index >= 15 is 0 Å². The topological polar surface area (TPSA) is 46.9 Å². The second-order valence-electron chi connectivity index (χ2n) is 7.07. The molecule has 1 aliphatic rings. The molecule has 0 saturated heterocycles. The molecular formula is C21H21N3O. The predicted molar refractivity (Wildman–Crippen MR) is 97.5 cm³/mol. The Morgan fingerprint density at radius 2 is 1.92 bits per heavy atom. The summed E-state index contributed by atoms with van der Waals surface area (Å²) >= 11 is 0. The molecule has 0 radical (unpaired) electrons. The number of benzene rings is 2. The van der Waals surface area contributed by atoms with Gasteiger partial charge in [-0.25, -0.2) is 4.98 Å². The first-order valence-corrected chi connectivity index (χ1v) is 8.55. The smallest absolute Gasteiger partial charge is 0.251 e. The second-order valence-corrected chi connectivity index (χ2v) is 7.07. The fourth-order valence-corrected chi connectivity index (χ4v) is 3.64. The Hall–Kier alpha value is -2.88. The van der Waals surface area contributed by atoms with E-state index in [9.17, 15) is 4.79 Å². The van der Waals surface area contributed by atoms with E-state index in [-0.39, 0.29) is 11.4 Å². The summed E-state index contributed by atoms with van der Waals surface area (Å²) < 4.78 is 1.99. The molecule has 1 heterocycles. The molecule has 3 aromatic rings. The maximum Gasteiger partial charge on any atom is 0.251 e. The van der Waals surface area contributed by atoms with Crippen LogP contribution in [0.3, 0.4) is 0 Å². The lowest BCUT2D eigenvalue weighted by molar-refractivity contribution is 0.0909. The van der Waals surface area contributed by atoms with E-state index in [0.717, 1.165) is 18.4 Å². The van der Waals surface area contributed by atoms with Gasteiger partial charge in [0.15, 0.2) is 0 Å². The molecule has 0 saturated carbocycles. The van der Waals surface area contributed by atoms with Crippen LogP contribution in [0.15, 0.2) is 67.3 Å². The Balaban J connectivity index is 1.48. The van der Waals surface area contributed by atoms with Crippen LogP contribution in [0.1, 0.15) is 34.0 Å². The molecule has 1 aliphatic carbocycles. The Bertz CT molecular complexity index is 874. The normalized spacial score (nSPS) is 14.9. The molecule has 4 rings (SSSR count). The predicted octanol–water partition coefficient (Wildman–Crippen LogP) is 3.22.